The van der Waals surface area contributed by atoms with Crippen LogP contribution in [-0.2, 0) is 14.3 Å². The molecular weight excluding hydrogens is 433 g/mol. The third kappa shape index (κ3) is 5.20. The lowest BCUT2D eigenvalue weighted by Crippen LogP contribution is -2.45. The molecule has 2 heterocycles. The minimum absolute atomic E-state index is 0.129. The van der Waals surface area contributed by atoms with E-state index >= 15 is 0 Å². The van der Waals surface area contributed by atoms with Crippen LogP contribution in [0.5, 0.6) is 0 Å². The Morgan fingerprint density at radius 1 is 1.18 bits per heavy atom. The van der Waals surface area contributed by atoms with E-state index in [1.54, 1.807) is 25.1 Å². The summed E-state index contributed by atoms with van der Waals surface area (Å²) >= 11 is 0. The predicted molar refractivity (Wildman–Crippen MR) is 129 cm³/mol. The molecule has 0 aromatic heterocycles. The number of piperidine rings is 1. The fourth-order valence-corrected chi connectivity index (χ4v) is 4.85. The van der Waals surface area contributed by atoms with Gasteiger partial charge in [-0.25, -0.2) is 9.40 Å². The smallest absolute Gasteiger partial charge is 0.310 e. The SMILES string of the molecule is CCOC(=O)[C@H]1CCCN(CC(=O)N2N=C(c3cc(C)ccc3C)C[C@@H]2c2ccccc2F)C1. The lowest BCUT2D eigenvalue weighted by atomic mass is 9.94. The van der Waals surface area contributed by atoms with E-state index in [4.69, 9.17) is 9.84 Å². The van der Waals surface area contributed by atoms with Gasteiger partial charge in [0.2, 0.25) is 0 Å². The first kappa shape index (κ1) is 24.1. The summed E-state index contributed by atoms with van der Waals surface area (Å²) in [7, 11) is 0. The summed E-state index contributed by atoms with van der Waals surface area (Å²) < 4.78 is 20.0. The van der Waals surface area contributed by atoms with Gasteiger partial charge in [0.1, 0.15) is 5.82 Å². The third-order valence-electron chi connectivity index (χ3n) is 6.62. The summed E-state index contributed by atoms with van der Waals surface area (Å²) in [4.78, 5) is 27.7. The Bertz CT molecular complexity index is 1100. The number of hydrogen-bond acceptors (Lipinski definition) is 5. The number of carbonyl (C=O) groups is 2. The molecule has 0 saturated carbocycles. The number of carbonyl (C=O) groups excluding carboxylic acids is 2. The van der Waals surface area contributed by atoms with Gasteiger partial charge in [0.15, 0.2) is 0 Å². The number of ether oxygens (including phenoxy) is 1. The van der Waals surface area contributed by atoms with Gasteiger partial charge >= 0.3 is 5.97 Å². The van der Waals surface area contributed by atoms with Crippen LogP contribution in [0.2, 0.25) is 0 Å². The van der Waals surface area contributed by atoms with Crippen molar-refractivity contribution in [1.82, 2.24) is 9.91 Å². The molecule has 2 aromatic rings. The number of rotatable bonds is 6. The van der Waals surface area contributed by atoms with Gasteiger partial charge in [-0.2, -0.15) is 5.10 Å². The second kappa shape index (κ2) is 10.5. The van der Waals surface area contributed by atoms with Crippen molar-refractivity contribution in [2.24, 2.45) is 11.0 Å². The normalized spacial score (nSPS) is 20.8. The van der Waals surface area contributed by atoms with Crippen molar-refractivity contribution in [2.45, 2.75) is 46.1 Å². The maximum atomic E-state index is 14.8. The first-order valence-electron chi connectivity index (χ1n) is 12.0. The number of aryl methyl sites for hydroxylation is 2. The molecule has 180 valence electrons. The molecule has 0 N–H and O–H groups in total. The first-order valence-corrected chi connectivity index (χ1v) is 12.0. The monoisotopic (exact) mass is 465 g/mol. The van der Waals surface area contributed by atoms with E-state index in [0.29, 0.717) is 25.1 Å². The average molecular weight is 466 g/mol. The number of hydrogen-bond donors (Lipinski definition) is 0. The van der Waals surface area contributed by atoms with Crippen LogP contribution in [0.25, 0.3) is 0 Å². The molecule has 0 unspecified atom stereocenters. The highest BCUT2D eigenvalue weighted by molar-refractivity contribution is 6.04. The second-order valence-corrected chi connectivity index (χ2v) is 9.17. The zero-order chi connectivity index (χ0) is 24.2. The van der Waals surface area contributed by atoms with Crippen LogP contribution in [0.1, 0.15) is 54.5 Å². The fourth-order valence-electron chi connectivity index (χ4n) is 4.85. The highest BCUT2D eigenvalue weighted by Crippen LogP contribution is 2.35. The zero-order valence-corrected chi connectivity index (χ0v) is 20.1. The Morgan fingerprint density at radius 2 is 1.97 bits per heavy atom. The topological polar surface area (TPSA) is 62.2 Å². The molecule has 1 amide bonds. The third-order valence-corrected chi connectivity index (χ3v) is 6.62. The Hall–Kier alpha value is -3.06. The highest BCUT2D eigenvalue weighted by Gasteiger charge is 2.36. The van der Waals surface area contributed by atoms with Gasteiger partial charge in [-0.15, -0.1) is 0 Å². The van der Waals surface area contributed by atoms with E-state index in [1.807, 2.05) is 30.9 Å². The fraction of sp³-hybridized carbons (Fsp3) is 0.444. The summed E-state index contributed by atoms with van der Waals surface area (Å²) in [5.74, 6) is -0.974. The van der Waals surface area contributed by atoms with Crippen molar-refractivity contribution in [2.75, 3.05) is 26.2 Å². The van der Waals surface area contributed by atoms with Crippen LogP contribution in [0.3, 0.4) is 0 Å². The van der Waals surface area contributed by atoms with Crippen LogP contribution in [0.4, 0.5) is 4.39 Å². The molecule has 34 heavy (non-hydrogen) atoms. The lowest BCUT2D eigenvalue weighted by molar-refractivity contribution is -0.150. The van der Waals surface area contributed by atoms with Crippen molar-refractivity contribution in [3.05, 3.63) is 70.5 Å². The van der Waals surface area contributed by atoms with Crippen LogP contribution in [-0.4, -0.2) is 53.7 Å². The summed E-state index contributed by atoms with van der Waals surface area (Å²) in [5.41, 5.74) is 4.40. The molecule has 1 saturated heterocycles. The number of esters is 1. The number of halogens is 1. The summed E-state index contributed by atoms with van der Waals surface area (Å²) in [6.45, 7) is 7.52. The molecule has 1 fully saturated rings. The average Bonchev–Trinajstić information content (AvgIpc) is 3.26. The predicted octanol–water partition coefficient (Wildman–Crippen LogP) is 4.40. The number of hydrazone groups is 1. The molecule has 6 nitrogen and oxygen atoms in total. The van der Waals surface area contributed by atoms with Crippen LogP contribution in [0, 0.1) is 25.6 Å². The van der Waals surface area contributed by atoms with Crippen molar-refractivity contribution in [3.63, 3.8) is 0 Å². The zero-order valence-electron chi connectivity index (χ0n) is 20.1. The van der Waals surface area contributed by atoms with Crippen LogP contribution >= 0.6 is 0 Å². The summed E-state index contributed by atoms with van der Waals surface area (Å²) in [6, 6.07) is 12.2. The van der Waals surface area contributed by atoms with E-state index < -0.39 is 6.04 Å². The van der Waals surface area contributed by atoms with Crippen LogP contribution in [0.15, 0.2) is 47.6 Å². The molecule has 2 aliphatic heterocycles. The van der Waals surface area contributed by atoms with E-state index in [9.17, 15) is 14.0 Å². The van der Waals surface area contributed by atoms with Gasteiger partial charge in [-0.1, -0.05) is 35.9 Å². The van der Waals surface area contributed by atoms with Crippen LogP contribution < -0.4 is 0 Å². The van der Waals surface area contributed by atoms with Gasteiger partial charge in [-0.05, 0) is 57.9 Å². The Kier molecular flexibility index (Phi) is 7.41. The number of nitrogens with zero attached hydrogens (tertiary/aromatic N) is 3. The van der Waals surface area contributed by atoms with E-state index in [-0.39, 0.29) is 30.2 Å². The van der Waals surface area contributed by atoms with E-state index in [0.717, 1.165) is 41.8 Å². The second-order valence-electron chi connectivity index (χ2n) is 9.17. The molecule has 0 aliphatic carbocycles. The highest BCUT2D eigenvalue weighted by atomic mass is 19.1. The van der Waals surface area contributed by atoms with Gasteiger partial charge in [0.25, 0.3) is 5.91 Å². The Morgan fingerprint density at radius 3 is 2.74 bits per heavy atom. The molecule has 0 bridgehead atoms. The van der Waals surface area contributed by atoms with Gasteiger partial charge in [0, 0.05) is 24.1 Å². The molecular formula is C27H32FN3O3. The number of likely N-dealkylation sites (tertiary alicyclic amines) is 1. The maximum absolute atomic E-state index is 14.8. The molecule has 2 aromatic carbocycles. The van der Waals surface area contributed by atoms with Gasteiger partial charge < -0.3 is 4.74 Å². The number of benzene rings is 2. The quantitative estimate of drug-likeness (QED) is 0.594. The maximum Gasteiger partial charge on any atom is 0.310 e. The van der Waals surface area contributed by atoms with Crippen molar-refractivity contribution < 1.29 is 18.7 Å². The first-order chi connectivity index (χ1) is 16.4. The van der Waals surface area contributed by atoms with Gasteiger partial charge in [0.05, 0.1) is 30.8 Å². The minimum atomic E-state index is -0.505. The van der Waals surface area contributed by atoms with E-state index in [1.165, 1.54) is 11.1 Å². The molecule has 0 radical (unpaired) electrons. The molecule has 0 spiro atoms. The lowest BCUT2D eigenvalue weighted by Gasteiger charge is -2.32. The van der Waals surface area contributed by atoms with E-state index in [2.05, 4.69) is 6.07 Å². The molecule has 2 atom stereocenters. The van der Waals surface area contributed by atoms with Gasteiger partial charge in [-0.3, -0.25) is 14.5 Å². The Balaban J connectivity index is 1.58. The minimum Gasteiger partial charge on any atom is -0.466 e. The molecule has 2 aliphatic rings. The molecule has 4 rings (SSSR count). The van der Waals surface area contributed by atoms with Crippen molar-refractivity contribution in [3.8, 4) is 0 Å². The largest absolute Gasteiger partial charge is 0.466 e. The van der Waals surface area contributed by atoms with Crippen molar-refractivity contribution in [1.29, 1.82) is 0 Å². The van der Waals surface area contributed by atoms with Crippen molar-refractivity contribution >= 4 is 17.6 Å². The summed E-state index contributed by atoms with van der Waals surface area (Å²) in [5, 5.41) is 6.17. The molecule has 7 heteroatoms. The Labute approximate surface area is 200 Å². The number of amides is 1. The standard InChI is InChI=1S/C27H32FN3O3/c1-4-34-27(33)20-8-7-13-30(16-20)17-26(32)31-25(21-9-5-6-10-23(21)28)15-24(29-31)22-14-18(2)11-12-19(22)3/h5-6,9-12,14,20,25H,4,7-8,13,15-17H2,1-3H3/t20-,25+/m0/s1. The summed E-state index contributed by atoms with van der Waals surface area (Å²) in [6.07, 6.45) is 2.03.